The van der Waals surface area contributed by atoms with Gasteiger partial charge in [-0.05, 0) is 26.3 Å². The molecular formula is C13H27NO3S. The van der Waals surface area contributed by atoms with Crippen LogP contribution in [-0.2, 0) is 14.6 Å². The van der Waals surface area contributed by atoms with Gasteiger partial charge in [-0.15, -0.1) is 0 Å². The number of nitrogens with one attached hydrogen (secondary N) is 1. The van der Waals surface area contributed by atoms with Gasteiger partial charge >= 0.3 is 0 Å². The van der Waals surface area contributed by atoms with E-state index in [0.717, 1.165) is 13.0 Å². The molecule has 0 aromatic heterocycles. The van der Waals surface area contributed by atoms with Crippen LogP contribution in [0.4, 0.5) is 0 Å². The number of unbranched alkanes of at least 4 members (excludes halogenated alkanes) is 3. The van der Waals surface area contributed by atoms with Gasteiger partial charge in [0.2, 0.25) is 0 Å². The Balaban J connectivity index is 2.14. The molecule has 2 atom stereocenters. The molecule has 1 rings (SSSR count). The average Bonchev–Trinajstić information content (AvgIpc) is 2.75. The van der Waals surface area contributed by atoms with Gasteiger partial charge in [-0.1, -0.05) is 26.2 Å². The molecule has 0 aliphatic carbocycles. The van der Waals surface area contributed by atoms with Crippen LogP contribution in [0.5, 0.6) is 0 Å². The summed E-state index contributed by atoms with van der Waals surface area (Å²) in [6.45, 7) is 6.11. The minimum atomic E-state index is -2.99. The van der Waals surface area contributed by atoms with E-state index in [1.807, 2.05) is 6.92 Å². The monoisotopic (exact) mass is 277 g/mol. The van der Waals surface area contributed by atoms with Crippen molar-refractivity contribution in [3.8, 4) is 0 Å². The van der Waals surface area contributed by atoms with E-state index in [4.69, 9.17) is 4.74 Å². The Labute approximate surface area is 111 Å². The first-order chi connectivity index (χ1) is 8.58. The first-order valence-electron chi connectivity index (χ1n) is 7.12. The second kappa shape index (κ2) is 8.12. The van der Waals surface area contributed by atoms with Crippen LogP contribution in [0, 0.1) is 0 Å². The van der Waals surface area contributed by atoms with Crippen LogP contribution in [-0.4, -0.2) is 45.2 Å². The summed E-state index contributed by atoms with van der Waals surface area (Å²) in [7, 11) is -2.99. The van der Waals surface area contributed by atoms with Crippen molar-refractivity contribution >= 4 is 9.84 Å². The van der Waals surface area contributed by atoms with Crippen LogP contribution >= 0.6 is 0 Å². The molecule has 5 heteroatoms. The Morgan fingerprint density at radius 2 is 2.00 bits per heavy atom. The van der Waals surface area contributed by atoms with Crippen molar-refractivity contribution in [1.29, 1.82) is 0 Å². The van der Waals surface area contributed by atoms with E-state index >= 15 is 0 Å². The SMILES string of the molecule is CCCCCCNCCS(=O)(=O)C1CCOC1C. The lowest BCUT2D eigenvalue weighted by Crippen LogP contribution is -2.34. The van der Waals surface area contributed by atoms with Gasteiger partial charge in [-0.2, -0.15) is 0 Å². The van der Waals surface area contributed by atoms with Crippen LogP contribution in [0.2, 0.25) is 0 Å². The van der Waals surface area contributed by atoms with Crippen molar-refractivity contribution < 1.29 is 13.2 Å². The van der Waals surface area contributed by atoms with Gasteiger partial charge in [0, 0.05) is 13.2 Å². The summed E-state index contributed by atoms with van der Waals surface area (Å²) in [6.07, 6.45) is 5.37. The van der Waals surface area contributed by atoms with Gasteiger partial charge in [0.25, 0.3) is 0 Å². The summed E-state index contributed by atoms with van der Waals surface area (Å²) in [5.41, 5.74) is 0. The Bertz CT molecular complexity index is 316. The third-order valence-corrected chi connectivity index (χ3v) is 5.85. The molecule has 1 fully saturated rings. The number of hydrogen-bond donors (Lipinski definition) is 1. The zero-order valence-electron chi connectivity index (χ0n) is 11.7. The second-order valence-electron chi connectivity index (χ2n) is 5.08. The minimum absolute atomic E-state index is 0.139. The Morgan fingerprint density at radius 1 is 1.22 bits per heavy atom. The minimum Gasteiger partial charge on any atom is -0.377 e. The van der Waals surface area contributed by atoms with E-state index in [-0.39, 0.29) is 17.1 Å². The first kappa shape index (κ1) is 15.9. The molecule has 0 amide bonds. The number of ether oxygens (including phenoxy) is 1. The molecule has 1 aliphatic heterocycles. The van der Waals surface area contributed by atoms with Gasteiger partial charge in [-0.25, -0.2) is 8.42 Å². The molecule has 0 spiro atoms. The molecule has 1 N–H and O–H groups in total. The van der Waals surface area contributed by atoms with Crippen molar-refractivity contribution in [1.82, 2.24) is 5.32 Å². The predicted molar refractivity (Wildman–Crippen MR) is 74.6 cm³/mol. The van der Waals surface area contributed by atoms with Gasteiger partial charge < -0.3 is 10.1 Å². The van der Waals surface area contributed by atoms with E-state index in [0.29, 0.717) is 19.6 Å². The Hall–Kier alpha value is -0.130. The molecule has 108 valence electrons. The van der Waals surface area contributed by atoms with Crippen molar-refractivity contribution in [2.24, 2.45) is 0 Å². The lowest BCUT2D eigenvalue weighted by Gasteiger charge is -2.15. The van der Waals surface area contributed by atoms with Crippen LogP contribution in [0.3, 0.4) is 0 Å². The molecule has 0 radical (unpaired) electrons. The topological polar surface area (TPSA) is 55.4 Å². The quantitative estimate of drug-likeness (QED) is 0.652. The third-order valence-electron chi connectivity index (χ3n) is 3.54. The second-order valence-corrected chi connectivity index (χ2v) is 7.42. The van der Waals surface area contributed by atoms with E-state index in [1.54, 1.807) is 0 Å². The molecule has 2 unspecified atom stereocenters. The van der Waals surface area contributed by atoms with Crippen LogP contribution < -0.4 is 5.32 Å². The van der Waals surface area contributed by atoms with E-state index < -0.39 is 9.84 Å². The molecule has 1 saturated heterocycles. The highest BCUT2D eigenvalue weighted by atomic mass is 32.2. The maximum absolute atomic E-state index is 12.1. The maximum atomic E-state index is 12.1. The summed E-state index contributed by atoms with van der Waals surface area (Å²) in [4.78, 5) is 0. The van der Waals surface area contributed by atoms with Crippen LogP contribution in [0.25, 0.3) is 0 Å². The molecule has 18 heavy (non-hydrogen) atoms. The Morgan fingerprint density at radius 3 is 2.61 bits per heavy atom. The lowest BCUT2D eigenvalue weighted by molar-refractivity contribution is 0.126. The molecule has 0 aromatic rings. The standard InChI is InChI=1S/C13H27NO3S/c1-3-4-5-6-8-14-9-11-18(15,16)13-7-10-17-12(13)2/h12-14H,3-11H2,1-2H3. The van der Waals surface area contributed by atoms with Crippen molar-refractivity contribution in [3.05, 3.63) is 0 Å². The summed E-state index contributed by atoms with van der Waals surface area (Å²) >= 11 is 0. The summed E-state index contributed by atoms with van der Waals surface area (Å²) < 4.78 is 29.4. The number of sulfone groups is 1. The fourth-order valence-electron chi connectivity index (χ4n) is 2.35. The molecule has 4 nitrogen and oxygen atoms in total. The number of rotatable bonds is 9. The van der Waals surface area contributed by atoms with Gasteiger partial charge in [0.1, 0.15) is 0 Å². The van der Waals surface area contributed by atoms with E-state index in [2.05, 4.69) is 12.2 Å². The molecule has 0 saturated carbocycles. The van der Waals surface area contributed by atoms with Crippen molar-refractivity contribution in [3.63, 3.8) is 0 Å². The maximum Gasteiger partial charge on any atom is 0.157 e. The van der Waals surface area contributed by atoms with Gasteiger partial charge in [0.15, 0.2) is 9.84 Å². The fourth-order valence-corrected chi connectivity index (χ4v) is 4.20. The molecule has 0 aromatic carbocycles. The summed E-state index contributed by atoms with van der Waals surface area (Å²) in [5.74, 6) is 0.235. The van der Waals surface area contributed by atoms with Crippen LogP contribution in [0.15, 0.2) is 0 Å². The summed E-state index contributed by atoms with van der Waals surface area (Å²) in [6, 6.07) is 0. The van der Waals surface area contributed by atoms with Gasteiger partial charge in [0.05, 0.1) is 17.1 Å². The van der Waals surface area contributed by atoms with E-state index in [1.165, 1.54) is 19.3 Å². The van der Waals surface area contributed by atoms with E-state index in [9.17, 15) is 8.42 Å². The van der Waals surface area contributed by atoms with Crippen molar-refractivity contribution in [2.45, 2.75) is 57.3 Å². The summed E-state index contributed by atoms with van der Waals surface area (Å²) in [5, 5.41) is 2.93. The predicted octanol–water partition coefficient (Wildman–Crippen LogP) is 1.75. The highest BCUT2D eigenvalue weighted by molar-refractivity contribution is 7.92. The normalized spacial score (nSPS) is 24.6. The smallest absolute Gasteiger partial charge is 0.157 e. The Kier molecular flexibility index (Phi) is 7.19. The van der Waals surface area contributed by atoms with Crippen molar-refractivity contribution in [2.75, 3.05) is 25.4 Å². The number of hydrogen-bond acceptors (Lipinski definition) is 4. The van der Waals surface area contributed by atoms with Gasteiger partial charge in [-0.3, -0.25) is 0 Å². The molecule has 0 bridgehead atoms. The molecule has 1 heterocycles. The van der Waals surface area contributed by atoms with Crippen LogP contribution in [0.1, 0.15) is 46.0 Å². The fraction of sp³-hybridized carbons (Fsp3) is 1.00. The lowest BCUT2D eigenvalue weighted by atomic mass is 10.2. The zero-order chi connectivity index (χ0) is 13.4. The molecule has 1 aliphatic rings. The third kappa shape index (κ3) is 5.24. The molecular weight excluding hydrogens is 250 g/mol. The first-order valence-corrected chi connectivity index (χ1v) is 8.83. The largest absolute Gasteiger partial charge is 0.377 e. The highest BCUT2D eigenvalue weighted by Crippen LogP contribution is 2.21. The zero-order valence-corrected chi connectivity index (χ0v) is 12.5. The average molecular weight is 277 g/mol. The highest BCUT2D eigenvalue weighted by Gasteiger charge is 2.34.